The van der Waals surface area contributed by atoms with Gasteiger partial charge in [0.2, 0.25) is 0 Å². The summed E-state index contributed by atoms with van der Waals surface area (Å²) < 4.78 is 10.6. The van der Waals surface area contributed by atoms with Crippen molar-refractivity contribution in [3.05, 3.63) is 0 Å². The fourth-order valence-corrected chi connectivity index (χ4v) is 3.91. The normalized spacial score (nSPS) is 25.9. The third-order valence-corrected chi connectivity index (χ3v) is 5.59. The number of nitrogens with zero attached hydrogens (tertiary/aromatic N) is 2. The number of carboxylic acids is 1. The van der Waals surface area contributed by atoms with E-state index in [1.807, 2.05) is 55.4 Å². The van der Waals surface area contributed by atoms with Gasteiger partial charge in [-0.25, -0.2) is 9.59 Å². The van der Waals surface area contributed by atoms with E-state index in [4.69, 9.17) is 14.6 Å². The molecule has 1 N–H and O–H groups in total. The Bertz CT molecular complexity index is 696. The van der Waals surface area contributed by atoms with E-state index in [1.54, 1.807) is 9.80 Å². The second-order valence-electron chi connectivity index (χ2n) is 11.0. The van der Waals surface area contributed by atoms with Crippen molar-refractivity contribution in [2.24, 2.45) is 11.8 Å². The van der Waals surface area contributed by atoms with Gasteiger partial charge in [0, 0.05) is 31.1 Å². The fraction of sp³-hybridized carbons (Fsp3) is 0.833. The number of amides is 2. The third-order valence-electron chi connectivity index (χ3n) is 5.59. The summed E-state index contributed by atoms with van der Waals surface area (Å²) in [6.07, 6.45) is 2.84. The van der Waals surface area contributed by atoms with Gasteiger partial charge < -0.3 is 29.2 Å². The van der Waals surface area contributed by atoms with E-state index in [-0.39, 0.29) is 36.1 Å². The second kappa shape index (κ2) is 11.7. The van der Waals surface area contributed by atoms with Gasteiger partial charge in [0.15, 0.2) is 0 Å². The van der Waals surface area contributed by atoms with Crippen LogP contribution in [0.5, 0.6) is 0 Å². The van der Waals surface area contributed by atoms with Crippen molar-refractivity contribution in [3.8, 4) is 0 Å². The molecule has 2 amide bonds. The zero-order valence-corrected chi connectivity index (χ0v) is 21.4. The van der Waals surface area contributed by atoms with Crippen LogP contribution < -0.4 is 0 Å². The predicted molar refractivity (Wildman–Crippen MR) is 124 cm³/mol. The van der Waals surface area contributed by atoms with E-state index in [0.29, 0.717) is 25.9 Å². The van der Waals surface area contributed by atoms with E-state index in [1.165, 1.54) is 0 Å². The quantitative estimate of drug-likeness (QED) is 0.598. The minimum absolute atomic E-state index is 0.0822. The van der Waals surface area contributed by atoms with Crippen molar-refractivity contribution >= 4 is 24.4 Å². The maximum Gasteiger partial charge on any atom is 0.410 e. The van der Waals surface area contributed by atoms with Crippen molar-refractivity contribution in [3.63, 3.8) is 0 Å². The Morgan fingerprint density at radius 2 is 1.24 bits per heavy atom. The SMILES string of the molecule is CC1CC(C(=O)O)CCN1C(=O)OC(C)(C)C.CC1CC(C=O)CCN1C(=O)OC(C)(C)C. The molecule has 0 radical (unpaired) electrons. The highest BCUT2D eigenvalue weighted by molar-refractivity contribution is 5.72. The van der Waals surface area contributed by atoms with Crippen LogP contribution in [0.3, 0.4) is 0 Å². The first-order valence-corrected chi connectivity index (χ1v) is 11.7. The fourth-order valence-electron chi connectivity index (χ4n) is 3.91. The van der Waals surface area contributed by atoms with Crippen molar-refractivity contribution in [2.75, 3.05) is 13.1 Å². The number of carboxylic acid groups (broad SMARTS) is 1. The van der Waals surface area contributed by atoms with Gasteiger partial charge in [-0.2, -0.15) is 0 Å². The summed E-state index contributed by atoms with van der Waals surface area (Å²) in [5.74, 6) is -1.03. The molecule has 2 aliphatic rings. The molecule has 2 rings (SSSR count). The number of carbonyl (C=O) groups excluding carboxylic acids is 3. The average Bonchev–Trinajstić information content (AvgIpc) is 2.65. The van der Waals surface area contributed by atoms with Crippen molar-refractivity contribution in [1.29, 1.82) is 0 Å². The zero-order valence-electron chi connectivity index (χ0n) is 21.4. The minimum atomic E-state index is -0.777. The molecule has 0 spiro atoms. The maximum absolute atomic E-state index is 11.9. The average molecular weight is 471 g/mol. The van der Waals surface area contributed by atoms with Crippen LogP contribution in [-0.4, -0.2) is 75.7 Å². The molecular formula is C24H42N2O7. The third kappa shape index (κ3) is 10.0. The van der Waals surface area contributed by atoms with E-state index < -0.39 is 17.2 Å². The Morgan fingerprint density at radius 3 is 1.58 bits per heavy atom. The van der Waals surface area contributed by atoms with Crippen LogP contribution in [0.2, 0.25) is 0 Å². The highest BCUT2D eigenvalue weighted by atomic mass is 16.6. The summed E-state index contributed by atoms with van der Waals surface area (Å²) in [5.41, 5.74) is -0.973. The zero-order chi connectivity index (χ0) is 25.6. The van der Waals surface area contributed by atoms with Crippen LogP contribution in [0, 0.1) is 11.8 Å². The number of rotatable bonds is 2. The van der Waals surface area contributed by atoms with Crippen LogP contribution in [0.25, 0.3) is 0 Å². The van der Waals surface area contributed by atoms with Crippen LogP contribution in [-0.2, 0) is 19.1 Å². The molecule has 9 nitrogen and oxygen atoms in total. The molecule has 0 aromatic heterocycles. The first kappa shape index (κ1) is 28.7. The Labute approximate surface area is 197 Å². The van der Waals surface area contributed by atoms with E-state index >= 15 is 0 Å². The number of piperidine rings is 2. The highest BCUT2D eigenvalue weighted by Gasteiger charge is 2.34. The topological polar surface area (TPSA) is 113 Å². The van der Waals surface area contributed by atoms with Gasteiger partial charge in [-0.1, -0.05) is 0 Å². The minimum Gasteiger partial charge on any atom is -0.481 e. The number of aldehydes is 1. The highest BCUT2D eigenvalue weighted by Crippen LogP contribution is 2.25. The lowest BCUT2D eigenvalue weighted by Crippen LogP contribution is -2.47. The first-order chi connectivity index (χ1) is 15.0. The number of hydrogen-bond donors (Lipinski definition) is 1. The molecule has 4 unspecified atom stereocenters. The number of ether oxygens (including phenoxy) is 2. The molecule has 33 heavy (non-hydrogen) atoms. The first-order valence-electron chi connectivity index (χ1n) is 11.7. The molecule has 0 aromatic carbocycles. The summed E-state index contributed by atoms with van der Waals surface area (Å²) >= 11 is 0. The molecule has 2 aliphatic heterocycles. The van der Waals surface area contributed by atoms with E-state index in [0.717, 1.165) is 19.1 Å². The summed E-state index contributed by atoms with van der Waals surface area (Å²) in [5, 5.41) is 8.93. The maximum atomic E-state index is 11.9. The Balaban J connectivity index is 0.000000331. The van der Waals surface area contributed by atoms with Crippen LogP contribution in [0.15, 0.2) is 0 Å². The van der Waals surface area contributed by atoms with Crippen LogP contribution in [0.1, 0.15) is 81.1 Å². The summed E-state index contributed by atoms with van der Waals surface area (Å²) in [4.78, 5) is 48.6. The second-order valence-corrected chi connectivity index (χ2v) is 11.0. The Morgan fingerprint density at radius 1 is 0.818 bits per heavy atom. The van der Waals surface area contributed by atoms with Gasteiger partial charge >= 0.3 is 18.2 Å². The molecule has 0 aliphatic carbocycles. The van der Waals surface area contributed by atoms with Gasteiger partial charge in [-0.05, 0) is 81.1 Å². The number of likely N-dealkylation sites (tertiary alicyclic amines) is 2. The summed E-state index contributed by atoms with van der Waals surface area (Å²) in [6.45, 7) is 15.9. The molecule has 0 saturated carbocycles. The predicted octanol–water partition coefficient (Wildman–Crippen LogP) is 4.33. The standard InChI is InChI=1S/C12H21NO4.C12H21NO3/c1-8-7-9(10(14)15)5-6-13(8)11(16)17-12(2,3)4;1-9-7-10(8-14)5-6-13(9)11(15)16-12(2,3)4/h8-9H,5-7H2,1-4H3,(H,14,15);8-10H,5-7H2,1-4H3. The molecule has 2 fully saturated rings. The Kier molecular flexibility index (Phi) is 10.2. The lowest BCUT2D eigenvalue weighted by Gasteiger charge is -2.37. The molecule has 190 valence electrons. The van der Waals surface area contributed by atoms with Gasteiger partial charge in [0.25, 0.3) is 0 Å². The molecular weight excluding hydrogens is 428 g/mol. The lowest BCUT2D eigenvalue weighted by atomic mass is 9.92. The molecule has 4 atom stereocenters. The van der Waals surface area contributed by atoms with Gasteiger partial charge in [-0.15, -0.1) is 0 Å². The van der Waals surface area contributed by atoms with Gasteiger partial charge in [0.05, 0.1) is 5.92 Å². The molecule has 2 heterocycles. The van der Waals surface area contributed by atoms with Gasteiger partial charge in [-0.3, -0.25) is 4.79 Å². The lowest BCUT2D eigenvalue weighted by molar-refractivity contribution is -0.144. The summed E-state index contributed by atoms with van der Waals surface area (Å²) in [7, 11) is 0. The smallest absolute Gasteiger partial charge is 0.410 e. The Hall–Kier alpha value is -2.32. The van der Waals surface area contributed by atoms with Crippen molar-refractivity contribution < 1.29 is 33.8 Å². The largest absolute Gasteiger partial charge is 0.481 e. The number of carbonyl (C=O) groups is 4. The monoisotopic (exact) mass is 470 g/mol. The van der Waals surface area contributed by atoms with Crippen LogP contribution in [0.4, 0.5) is 9.59 Å². The summed E-state index contributed by atoms with van der Waals surface area (Å²) in [6, 6.07) is -0.00139. The van der Waals surface area contributed by atoms with E-state index in [9.17, 15) is 19.2 Å². The molecule has 0 aromatic rings. The molecule has 9 heteroatoms. The molecule has 2 saturated heterocycles. The number of aliphatic carboxylic acids is 1. The van der Waals surface area contributed by atoms with Gasteiger partial charge in [0.1, 0.15) is 17.5 Å². The van der Waals surface area contributed by atoms with Crippen molar-refractivity contribution in [2.45, 2.75) is 104 Å². The van der Waals surface area contributed by atoms with Crippen LogP contribution >= 0.6 is 0 Å². The van der Waals surface area contributed by atoms with E-state index in [2.05, 4.69) is 0 Å². The number of hydrogen-bond acceptors (Lipinski definition) is 6. The molecule has 0 bridgehead atoms. The van der Waals surface area contributed by atoms with Crippen molar-refractivity contribution in [1.82, 2.24) is 9.80 Å².